The molecule has 2 aromatic carbocycles. The Morgan fingerprint density at radius 1 is 0.960 bits per heavy atom. The number of piperazine rings is 1. The fraction of sp³-hybridized carbons (Fsp3) is 0.263. The van der Waals surface area contributed by atoms with Crippen molar-refractivity contribution in [2.24, 2.45) is 0 Å². The highest BCUT2D eigenvalue weighted by atomic mass is 35.5. The summed E-state index contributed by atoms with van der Waals surface area (Å²) in [6.45, 7) is 4.75. The van der Waals surface area contributed by atoms with Crippen LogP contribution in [0, 0.1) is 0 Å². The van der Waals surface area contributed by atoms with E-state index in [0.29, 0.717) is 11.8 Å². The normalized spacial score (nSPS) is 15.5. The lowest BCUT2D eigenvalue weighted by Gasteiger charge is -2.33. The molecule has 6 heteroatoms. The molecule has 1 aliphatic heterocycles. The first-order chi connectivity index (χ1) is 12.3. The number of nitrogens with one attached hydrogen (secondary N) is 1. The molecule has 0 saturated carbocycles. The van der Waals surface area contributed by atoms with E-state index in [-0.39, 0.29) is 0 Å². The van der Waals surface area contributed by atoms with Crippen molar-refractivity contribution in [3.05, 3.63) is 65.5 Å². The van der Waals surface area contributed by atoms with Crippen LogP contribution in [0.4, 0.5) is 5.69 Å². The summed E-state index contributed by atoms with van der Waals surface area (Å²) in [5.74, 6) is 1.28. The van der Waals surface area contributed by atoms with Gasteiger partial charge in [-0.1, -0.05) is 41.9 Å². The number of rotatable bonds is 4. The monoisotopic (exact) mass is 355 g/mol. The highest BCUT2D eigenvalue weighted by Gasteiger charge is 2.23. The molecule has 0 atom stereocenters. The van der Waals surface area contributed by atoms with E-state index < -0.39 is 0 Å². The number of aromatic nitrogens is 2. The quantitative estimate of drug-likeness (QED) is 0.780. The molecule has 2 heterocycles. The average molecular weight is 356 g/mol. The molecule has 1 fully saturated rings. The number of anilines is 1. The van der Waals surface area contributed by atoms with E-state index in [1.165, 1.54) is 4.90 Å². The van der Waals surface area contributed by atoms with E-state index in [1.807, 2.05) is 48.5 Å². The molecule has 0 radical (unpaired) electrons. The Hall–Kier alpha value is -2.37. The molecule has 1 aromatic heterocycles. The average Bonchev–Trinajstić information content (AvgIpc) is 3.12. The maximum atomic E-state index is 6.30. The van der Waals surface area contributed by atoms with Crippen LogP contribution in [0.2, 0.25) is 5.02 Å². The van der Waals surface area contributed by atoms with Gasteiger partial charge in [0.15, 0.2) is 6.54 Å². The van der Waals surface area contributed by atoms with E-state index in [2.05, 4.69) is 21.2 Å². The summed E-state index contributed by atoms with van der Waals surface area (Å²) < 4.78 is 5.83. The lowest BCUT2D eigenvalue weighted by Crippen LogP contribution is -3.13. The van der Waals surface area contributed by atoms with Crippen LogP contribution in [0.25, 0.3) is 11.5 Å². The van der Waals surface area contributed by atoms with Gasteiger partial charge in [-0.15, -0.1) is 10.2 Å². The topological polar surface area (TPSA) is 46.6 Å². The van der Waals surface area contributed by atoms with Crippen LogP contribution in [0.1, 0.15) is 5.89 Å². The Balaban J connectivity index is 1.36. The zero-order valence-corrected chi connectivity index (χ0v) is 14.6. The Morgan fingerprint density at radius 2 is 1.68 bits per heavy atom. The third kappa shape index (κ3) is 3.67. The van der Waals surface area contributed by atoms with E-state index in [1.54, 1.807) is 0 Å². The lowest BCUT2D eigenvalue weighted by molar-refractivity contribution is -0.915. The molecule has 3 aromatic rings. The minimum atomic E-state index is 0.588. The minimum absolute atomic E-state index is 0.588. The fourth-order valence-electron chi connectivity index (χ4n) is 3.19. The summed E-state index contributed by atoms with van der Waals surface area (Å²) in [5, 5.41) is 9.19. The molecule has 4 rings (SSSR count). The molecule has 0 aliphatic carbocycles. The van der Waals surface area contributed by atoms with Crippen LogP contribution in [-0.2, 0) is 6.54 Å². The van der Waals surface area contributed by atoms with E-state index >= 15 is 0 Å². The smallest absolute Gasteiger partial charge is 0.271 e. The molecule has 0 unspecified atom stereocenters. The number of hydrogen-bond donors (Lipinski definition) is 1. The SMILES string of the molecule is Clc1ccccc1N1CC[NH+](Cc2nnc(-c3ccccc3)o2)CC1. The second kappa shape index (κ2) is 7.25. The first kappa shape index (κ1) is 16.1. The summed E-state index contributed by atoms with van der Waals surface area (Å²) >= 11 is 6.30. The third-order valence-electron chi connectivity index (χ3n) is 4.55. The zero-order valence-electron chi connectivity index (χ0n) is 13.9. The number of nitrogens with zero attached hydrogens (tertiary/aromatic N) is 3. The summed E-state index contributed by atoms with van der Waals surface area (Å²) in [5.41, 5.74) is 2.08. The summed E-state index contributed by atoms with van der Waals surface area (Å²) in [7, 11) is 0. The van der Waals surface area contributed by atoms with Gasteiger partial charge in [0.1, 0.15) is 0 Å². The van der Waals surface area contributed by atoms with Gasteiger partial charge in [0, 0.05) is 5.56 Å². The van der Waals surface area contributed by atoms with Crippen LogP contribution < -0.4 is 9.80 Å². The Labute approximate surface area is 151 Å². The Bertz CT molecular complexity index is 828. The molecule has 0 spiro atoms. The maximum Gasteiger partial charge on any atom is 0.271 e. The van der Waals surface area contributed by atoms with Crippen LogP contribution in [-0.4, -0.2) is 36.4 Å². The number of para-hydroxylation sites is 1. The first-order valence-electron chi connectivity index (χ1n) is 8.50. The van der Waals surface area contributed by atoms with Crippen molar-refractivity contribution in [3.8, 4) is 11.5 Å². The van der Waals surface area contributed by atoms with Gasteiger partial charge in [-0.3, -0.25) is 0 Å². The summed E-state index contributed by atoms with van der Waals surface area (Å²) in [4.78, 5) is 3.79. The second-order valence-corrected chi connectivity index (χ2v) is 6.64. The summed E-state index contributed by atoms with van der Waals surface area (Å²) in [6, 6.07) is 17.9. The van der Waals surface area contributed by atoms with Crippen LogP contribution in [0.15, 0.2) is 59.0 Å². The predicted molar refractivity (Wildman–Crippen MR) is 97.8 cm³/mol. The van der Waals surface area contributed by atoms with Crippen molar-refractivity contribution in [2.45, 2.75) is 6.54 Å². The standard InChI is InChI=1S/C19H19ClN4O/c20-16-8-4-5-9-17(16)24-12-10-23(11-13-24)14-18-21-22-19(25-18)15-6-2-1-3-7-15/h1-9H,10-14H2/p+1. The minimum Gasteiger partial charge on any atom is -0.415 e. The molecule has 1 aliphatic rings. The number of halogens is 1. The van der Waals surface area contributed by atoms with Crippen LogP contribution >= 0.6 is 11.6 Å². The van der Waals surface area contributed by atoms with Gasteiger partial charge < -0.3 is 14.2 Å². The van der Waals surface area contributed by atoms with Crippen molar-refractivity contribution in [1.82, 2.24) is 10.2 Å². The van der Waals surface area contributed by atoms with Gasteiger partial charge >= 0.3 is 0 Å². The Morgan fingerprint density at radius 3 is 2.44 bits per heavy atom. The molecule has 128 valence electrons. The molecule has 0 amide bonds. The molecule has 5 nitrogen and oxygen atoms in total. The molecule has 25 heavy (non-hydrogen) atoms. The largest absolute Gasteiger partial charge is 0.415 e. The predicted octanol–water partition coefficient (Wildman–Crippen LogP) is 2.30. The van der Waals surface area contributed by atoms with Crippen molar-refractivity contribution in [2.75, 3.05) is 31.1 Å². The molecular formula is C19H20ClN4O+. The van der Waals surface area contributed by atoms with Gasteiger partial charge in [0.25, 0.3) is 5.89 Å². The highest BCUT2D eigenvalue weighted by molar-refractivity contribution is 6.33. The molecule has 0 bridgehead atoms. The van der Waals surface area contributed by atoms with Gasteiger partial charge in [0.2, 0.25) is 5.89 Å². The number of quaternary nitrogens is 1. The van der Waals surface area contributed by atoms with Gasteiger partial charge in [-0.2, -0.15) is 0 Å². The number of hydrogen-bond acceptors (Lipinski definition) is 4. The third-order valence-corrected chi connectivity index (χ3v) is 4.87. The van der Waals surface area contributed by atoms with E-state index in [0.717, 1.165) is 49.0 Å². The van der Waals surface area contributed by atoms with Crippen molar-refractivity contribution >= 4 is 17.3 Å². The van der Waals surface area contributed by atoms with Crippen LogP contribution in [0.5, 0.6) is 0 Å². The molecule has 1 saturated heterocycles. The molecule has 1 N–H and O–H groups in total. The van der Waals surface area contributed by atoms with Crippen molar-refractivity contribution < 1.29 is 9.32 Å². The second-order valence-electron chi connectivity index (χ2n) is 6.23. The van der Waals surface area contributed by atoms with Gasteiger partial charge in [-0.05, 0) is 24.3 Å². The maximum absolute atomic E-state index is 6.30. The van der Waals surface area contributed by atoms with E-state index in [4.69, 9.17) is 16.0 Å². The van der Waals surface area contributed by atoms with Gasteiger partial charge in [0.05, 0.1) is 36.9 Å². The van der Waals surface area contributed by atoms with Gasteiger partial charge in [-0.25, -0.2) is 0 Å². The fourth-order valence-corrected chi connectivity index (χ4v) is 3.44. The Kier molecular flexibility index (Phi) is 4.68. The number of benzene rings is 2. The lowest BCUT2D eigenvalue weighted by atomic mass is 10.2. The van der Waals surface area contributed by atoms with E-state index in [9.17, 15) is 0 Å². The summed E-state index contributed by atoms with van der Waals surface area (Å²) in [6.07, 6.45) is 0. The zero-order chi connectivity index (χ0) is 17.1. The van der Waals surface area contributed by atoms with Crippen molar-refractivity contribution in [3.63, 3.8) is 0 Å². The first-order valence-corrected chi connectivity index (χ1v) is 8.88. The van der Waals surface area contributed by atoms with Crippen LogP contribution in [0.3, 0.4) is 0 Å². The molecular weight excluding hydrogens is 336 g/mol. The van der Waals surface area contributed by atoms with Crippen molar-refractivity contribution in [1.29, 1.82) is 0 Å². The highest BCUT2D eigenvalue weighted by Crippen LogP contribution is 2.24.